The van der Waals surface area contributed by atoms with E-state index in [1.807, 2.05) is 0 Å². The molecule has 1 rings (SSSR count). The van der Waals surface area contributed by atoms with Gasteiger partial charge in [-0.25, -0.2) is 4.79 Å². The summed E-state index contributed by atoms with van der Waals surface area (Å²) in [5, 5.41) is 0. The number of carbonyl (C=O) groups excluding carboxylic acids is 1. The Kier molecular flexibility index (Phi) is 4.93. The first-order valence-electron chi connectivity index (χ1n) is 5.13. The summed E-state index contributed by atoms with van der Waals surface area (Å²) in [5.74, 6) is -1.65. The van der Waals surface area contributed by atoms with Crippen molar-refractivity contribution in [1.82, 2.24) is 0 Å². The molecule has 112 valence electrons. The summed E-state index contributed by atoms with van der Waals surface area (Å²) in [6.45, 7) is 0.949. The minimum atomic E-state index is -5.09. The molecular weight excluding hydrogens is 405 g/mol. The monoisotopic (exact) mass is 412 g/mol. The van der Waals surface area contributed by atoms with Gasteiger partial charge in [0.25, 0.3) is 0 Å². The largest absolute Gasteiger partial charge is 0.462 e. The first kappa shape index (κ1) is 17.1. The van der Waals surface area contributed by atoms with E-state index in [0.717, 1.165) is 0 Å². The highest BCUT2D eigenvalue weighted by molar-refractivity contribution is 14.1. The Balaban J connectivity index is 3.68. The Labute approximate surface area is 123 Å². The second-order valence-corrected chi connectivity index (χ2v) is 4.84. The van der Waals surface area contributed by atoms with Crippen LogP contribution in [0.3, 0.4) is 0 Å². The van der Waals surface area contributed by atoms with Crippen molar-refractivity contribution in [2.24, 2.45) is 0 Å². The summed E-state index contributed by atoms with van der Waals surface area (Å²) in [6.07, 6.45) is -10.2. The Hall–Kier alpha value is -1.00. The van der Waals surface area contributed by atoms with E-state index in [2.05, 4.69) is 4.74 Å². The van der Waals surface area contributed by atoms with Gasteiger partial charge in [0.2, 0.25) is 0 Å². The van der Waals surface area contributed by atoms with Crippen LogP contribution in [0.25, 0.3) is 0 Å². The van der Waals surface area contributed by atoms with Crippen LogP contribution >= 0.6 is 22.6 Å². The number of ether oxygens (including phenoxy) is 1. The zero-order chi connectivity index (χ0) is 15.7. The fourth-order valence-electron chi connectivity index (χ4n) is 1.48. The van der Waals surface area contributed by atoms with Gasteiger partial charge in [0.1, 0.15) is 0 Å². The molecule has 0 radical (unpaired) electrons. The number of benzene rings is 1. The van der Waals surface area contributed by atoms with E-state index in [0.29, 0.717) is 12.1 Å². The zero-order valence-electron chi connectivity index (χ0n) is 9.82. The second kappa shape index (κ2) is 5.78. The molecule has 0 spiro atoms. The topological polar surface area (TPSA) is 26.3 Å². The van der Waals surface area contributed by atoms with Crippen molar-refractivity contribution in [3.8, 4) is 0 Å². The third kappa shape index (κ3) is 3.76. The highest BCUT2D eigenvalue weighted by Crippen LogP contribution is 2.40. The molecule has 0 atom stereocenters. The standard InChI is InChI=1S/C11H7F6IO2/c1-2-20-9(19)8-6(10(12,13)14)3-5(18)4-7(8)11(15,16)17/h3-4H,2H2,1H3. The molecule has 0 aliphatic rings. The second-order valence-electron chi connectivity index (χ2n) is 3.59. The van der Waals surface area contributed by atoms with Crippen LogP contribution in [0.2, 0.25) is 0 Å². The zero-order valence-corrected chi connectivity index (χ0v) is 12.0. The average molecular weight is 412 g/mol. The van der Waals surface area contributed by atoms with Crippen molar-refractivity contribution in [1.29, 1.82) is 0 Å². The number of hydrogen-bond donors (Lipinski definition) is 0. The molecule has 0 N–H and O–H groups in total. The third-order valence-corrected chi connectivity index (χ3v) is 2.82. The van der Waals surface area contributed by atoms with Crippen molar-refractivity contribution in [3.05, 3.63) is 32.4 Å². The first-order chi connectivity index (χ1) is 8.98. The molecule has 0 fully saturated rings. The Morgan fingerprint density at radius 3 is 1.80 bits per heavy atom. The Bertz CT molecular complexity index is 486. The van der Waals surface area contributed by atoms with Gasteiger partial charge in [-0.2, -0.15) is 26.3 Å². The SMILES string of the molecule is CCOC(=O)c1c(C(F)(F)F)cc(I)cc1C(F)(F)F. The number of rotatable bonds is 2. The van der Waals surface area contributed by atoms with E-state index in [1.165, 1.54) is 29.5 Å². The van der Waals surface area contributed by atoms with Crippen LogP contribution in [0.15, 0.2) is 12.1 Å². The van der Waals surface area contributed by atoms with Crippen LogP contribution in [0, 0.1) is 3.57 Å². The quantitative estimate of drug-likeness (QED) is 0.406. The summed E-state index contributed by atoms with van der Waals surface area (Å²) in [5.41, 5.74) is -4.82. The highest BCUT2D eigenvalue weighted by Gasteiger charge is 2.43. The van der Waals surface area contributed by atoms with E-state index in [9.17, 15) is 31.1 Å². The van der Waals surface area contributed by atoms with E-state index >= 15 is 0 Å². The van der Waals surface area contributed by atoms with E-state index in [1.54, 1.807) is 0 Å². The van der Waals surface area contributed by atoms with E-state index in [4.69, 9.17) is 0 Å². The first-order valence-corrected chi connectivity index (χ1v) is 6.21. The molecule has 20 heavy (non-hydrogen) atoms. The maximum atomic E-state index is 12.8. The van der Waals surface area contributed by atoms with Gasteiger partial charge in [-0.15, -0.1) is 0 Å². The van der Waals surface area contributed by atoms with Crippen molar-refractivity contribution in [2.45, 2.75) is 19.3 Å². The molecule has 2 nitrogen and oxygen atoms in total. The minimum Gasteiger partial charge on any atom is -0.462 e. The van der Waals surface area contributed by atoms with Gasteiger partial charge >= 0.3 is 18.3 Å². The molecule has 0 aromatic heterocycles. The van der Waals surface area contributed by atoms with Crippen molar-refractivity contribution < 1.29 is 35.9 Å². The Morgan fingerprint density at radius 2 is 1.50 bits per heavy atom. The van der Waals surface area contributed by atoms with Crippen LogP contribution in [0.4, 0.5) is 26.3 Å². The fraction of sp³-hybridized carbons (Fsp3) is 0.364. The average Bonchev–Trinajstić information content (AvgIpc) is 2.25. The number of halogens is 7. The number of carbonyl (C=O) groups is 1. The summed E-state index contributed by atoms with van der Waals surface area (Å²) >= 11 is 1.32. The van der Waals surface area contributed by atoms with Crippen molar-refractivity contribution in [3.63, 3.8) is 0 Å². The molecular formula is C11H7F6IO2. The maximum absolute atomic E-state index is 12.8. The fourth-order valence-corrected chi connectivity index (χ4v) is 2.10. The number of alkyl halides is 6. The molecule has 0 bridgehead atoms. The number of hydrogen-bond acceptors (Lipinski definition) is 2. The van der Waals surface area contributed by atoms with Gasteiger partial charge in [-0.05, 0) is 41.6 Å². The van der Waals surface area contributed by atoms with Crippen LogP contribution in [-0.2, 0) is 17.1 Å². The third-order valence-electron chi connectivity index (χ3n) is 2.19. The smallest absolute Gasteiger partial charge is 0.417 e. The normalized spacial score (nSPS) is 12.4. The minimum absolute atomic E-state index is 0.282. The number of esters is 1. The van der Waals surface area contributed by atoms with Crippen LogP contribution < -0.4 is 0 Å². The molecule has 0 aliphatic carbocycles. The molecule has 0 aliphatic heterocycles. The molecule has 0 unspecified atom stereocenters. The summed E-state index contributed by atoms with van der Waals surface area (Å²) in [4.78, 5) is 11.5. The molecule has 0 saturated carbocycles. The lowest BCUT2D eigenvalue weighted by Crippen LogP contribution is -2.22. The molecule has 1 aromatic carbocycles. The van der Waals surface area contributed by atoms with Crippen LogP contribution in [-0.4, -0.2) is 12.6 Å². The molecule has 9 heteroatoms. The molecule has 0 saturated heterocycles. The van der Waals surface area contributed by atoms with Crippen LogP contribution in [0.1, 0.15) is 28.4 Å². The van der Waals surface area contributed by atoms with Gasteiger partial charge in [0.15, 0.2) is 0 Å². The van der Waals surface area contributed by atoms with E-state index in [-0.39, 0.29) is 10.2 Å². The lowest BCUT2D eigenvalue weighted by molar-refractivity contribution is -0.144. The molecule has 1 aromatic rings. The van der Waals surface area contributed by atoms with Crippen molar-refractivity contribution in [2.75, 3.05) is 6.61 Å². The Morgan fingerprint density at radius 1 is 1.10 bits per heavy atom. The predicted molar refractivity (Wildman–Crippen MR) is 65.1 cm³/mol. The lowest BCUT2D eigenvalue weighted by Gasteiger charge is -2.18. The van der Waals surface area contributed by atoms with Crippen molar-refractivity contribution >= 4 is 28.6 Å². The summed E-state index contributed by atoms with van der Waals surface area (Å²) in [7, 11) is 0. The predicted octanol–water partition coefficient (Wildman–Crippen LogP) is 4.51. The van der Waals surface area contributed by atoms with Gasteiger partial charge in [-0.3, -0.25) is 0 Å². The van der Waals surface area contributed by atoms with Gasteiger partial charge in [0.05, 0.1) is 23.3 Å². The van der Waals surface area contributed by atoms with Gasteiger partial charge in [0, 0.05) is 3.57 Å². The van der Waals surface area contributed by atoms with Gasteiger partial charge in [-0.1, -0.05) is 0 Å². The van der Waals surface area contributed by atoms with Gasteiger partial charge < -0.3 is 4.74 Å². The molecule has 0 amide bonds. The lowest BCUT2D eigenvalue weighted by atomic mass is 10.00. The summed E-state index contributed by atoms with van der Waals surface area (Å²) < 4.78 is 80.9. The van der Waals surface area contributed by atoms with E-state index < -0.39 is 35.0 Å². The molecule has 0 heterocycles. The summed E-state index contributed by atoms with van der Waals surface area (Å²) in [6, 6.07) is 0.949. The van der Waals surface area contributed by atoms with Crippen LogP contribution in [0.5, 0.6) is 0 Å². The highest BCUT2D eigenvalue weighted by atomic mass is 127. The maximum Gasteiger partial charge on any atom is 0.417 e.